The molecule has 2 nitrogen and oxygen atoms in total. The highest BCUT2D eigenvalue weighted by atomic mass is 32.1. The van der Waals surface area contributed by atoms with E-state index in [9.17, 15) is 0 Å². The van der Waals surface area contributed by atoms with Crippen molar-refractivity contribution in [3.63, 3.8) is 0 Å². The first-order valence-corrected chi connectivity index (χ1v) is 6.80. The summed E-state index contributed by atoms with van der Waals surface area (Å²) in [4.78, 5) is 0. The molecule has 1 aliphatic carbocycles. The van der Waals surface area contributed by atoms with Crippen LogP contribution in [0.2, 0.25) is 0 Å². The van der Waals surface area contributed by atoms with Gasteiger partial charge in [0.2, 0.25) is 0 Å². The molecule has 3 heteroatoms. The fourth-order valence-electron chi connectivity index (χ4n) is 2.05. The number of hydrogen-bond donors (Lipinski definition) is 2. The van der Waals surface area contributed by atoms with Gasteiger partial charge in [-0.2, -0.15) is 11.3 Å². The van der Waals surface area contributed by atoms with E-state index in [1.54, 1.807) is 11.3 Å². The molecule has 0 aliphatic heterocycles. The van der Waals surface area contributed by atoms with E-state index in [1.807, 2.05) is 0 Å². The molecule has 1 fully saturated rings. The van der Waals surface area contributed by atoms with Crippen LogP contribution in [-0.4, -0.2) is 13.1 Å². The van der Waals surface area contributed by atoms with Gasteiger partial charge < -0.3 is 11.1 Å². The zero-order chi connectivity index (χ0) is 10.5. The van der Waals surface area contributed by atoms with Gasteiger partial charge in [-0.1, -0.05) is 19.3 Å². The van der Waals surface area contributed by atoms with Crippen molar-refractivity contribution >= 4 is 11.3 Å². The Bertz CT molecular complexity index is 267. The molecule has 1 aliphatic rings. The number of nitrogens with one attached hydrogen (secondary N) is 1. The minimum atomic E-state index is 0.358. The highest BCUT2D eigenvalue weighted by Gasteiger charge is 2.17. The largest absolute Gasteiger partial charge is 0.329 e. The molecule has 1 unspecified atom stereocenters. The van der Waals surface area contributed by atoms with Crippen LogP contribution in [-0.2, 0) is 0 Å². The molecule has 0 amide bonds. The van der Waals surface area contributed by atoms with Gasteiger partial charge in [-0.15, -0.1) is 0 Å². The minimum absolute atomic E-state index is 0.358. The lowest BCUT2D eigenvalue weighted by atomic mass is 9.83. The second-order valence-electron chi connectivity index (χ2n) is 4.38. The predicted octanol–water partition coefficient (Wildman–Crippen LogP) is 2.53. The van der Waals surface area contributed by atoms with Crippen molar-refractivity contribution in [2.45, 2.75) is 31.7 Å². The third kappa shape index (κ3) is 3.03. The summed E-state index contributed by atoms with van der Waals surface area (Å²) in [7, 11) is 0. The van der Waals surface area contributed by atoms with Crippen LogP contribution in [0, 0.1) is 5.92 Å². The topological polar surface area (TPSA) is 38.0 Å². The predicted molar refractivity (Wildman–Crippen MR) is 66.1 cm³/mol. The second kappa shape index (κ2) is 5.64. The first-order chi connectivity index (χ1) is 7.40. The highest BCUT2D eigenvalue weighted by molar-refractivity contribution is 7.07. The van der Waals surface area contributed by atoms with Gasteiger partial charge in [0.1, 0.15) is 0 Å². The first-order valence-electron chi connectivity index (χ1n) is 5.85. The molecule has 0 aromatic carbocycles. The van der Waals surface area contributed by atoms with Gasteiger partial charge >= 0.3 is 0 Å². The molecule has 3 N–H and O–H groups in total. The standard InChI is InChI=1S/C12H20N2S/c13-8-12(11-5-7-15-9-11)14-6-4-10-2-1-3-10/h5,7,9-10,12,14H,1-4,6,8,13H2. The molecule has 1 saturated carbocycles. The summed E-state index contributed by atoms with van der Waals surface area (Å²) in [6.07, 6.45) is 5.64. The summed E-state index contributed by atoms with van der Waals surface area (Å²) in [6, 6.07) is 2.52. The lowest BCUT2D eigenvalue weighted by Crippen LogP contribution is -2.30. The zero-order valence-corrected chi connectivity index (χ0v) is 9.93. The smallest absolute Gasteiger partial charge is 0.0452 e. The van der Waals surface area contributed by atoms with Crippen molar-refractivity contribution in [1.29, 1.82) is 0 Å². The fraction of sp³-hybridized carbons (Fsp3) is 0.667. The molecular formula is C12H20N2S. The van der Waals surface area contributed by atoms with E-state index >= 15 is 0 Å². The van der Waals surface area contributed by atoms with E-state index in [4.69, 9.17) is 5.73 Å². The van der Waals surface area contributed by atoms with Gasteiger partial charge in [0.05, 0.1) is 0 Å². The molecule has 84 valence electrons. The van der Waals surface area contributed by atoms with E-state index in [-0.39, 0.29) is 0 Å². The molecule has 1 heterocycles. The van der Waals surface area contributed by atoms with Gasteiger partial charge in [-0.25, -0.2) is 0 Å². The van der Waals surface area contributed by atoms with Crippen LogP contribution >= 0.6 is 11.3 Å². The summed E-state index contributed by atoms with van der Waals surface area (Å²) in [5.74, 6) is 0.985. The number of nitrogens with two attached hydrogens (primary N) is 1. The monoisotopic (exact) mass is 224 g/mol. The van der Waals surface area contributed by atoms with Crippen molar-refractivity contribution in [3.8, 4) is 0 Å². The average Bonchev–Trinajstić information content (AvgIpc) is 2.68. The maximum atomic E-state index is 5.77. The first kappa shape index (κ1) is 11.1. The van der Waals surface area contributed by atoms with Crippen LogP contribution in [0.3, 0.4) is 0 Å². The van der Waals surface area contributed by atoms with Crippen molar-refractivity contribution in [1.82, 2.24) is 5.32 Å². The van der Waals surface area contributed by atoms with Crippen LogP contribution in [0.1, 0.15) is 37.3 Å². The summed E-state index contributed by atoms with van der Waals surface area (Å²) in [6.45, 7) is 1.81. The van der Waals surface area contributed by atoms with Gasteiger partial charge in [-0.3, -0.25) is 0 Å². The third-order valence-corrected chi connectivity index (χ3v) is 4.05. The molecule has 15 heavy (non-hydrogen) atoms. The highest BCUT2D eigenvalue weighted by Crippen LogP contribution is 2.29. The zero-order valence-electron chi connectivity index (χ0n) is 9.11. The molecule has 0 saturated heterocycles. The molecule has 0 spiro atoms. The minimum Gasteiger partial charge on any atom is -0.329 e. The third-order valence-electron chi connectivity index (χ3n) is 3.35. The number of thiophene rings is 1. The second-order valence-corrected chi connectivity index (χ2v) is 5.16. The lowest BCUT2D eigenvalue weighted by Gasteiger charge is -2.26. The average molecular weight is 224 g/mol. The van der Waals surface area contributed by atoms with E-state index < -0.39 is 0 Å². The molecule has 1 aromatic heterocycles. The van der Waals surface area contributed by atoms with Crippen LogP contribution in [0.15, 0.2) is 16.8 Å². The molecule has 0 radical (unpaired) electrons. The van der Waals surface area contributed by atoms with Crippen molar-refractivity contribution < 1.29 is 0 Å². The molecule has 1 aromatic rings. The van der Waals surface area contributed by atoms with Crippen LogP contribution < -0.4 is 11.1 Å². The summed E-state index contributed by atoms with van der Waals surface area (Å²) in [5.41, 5.74) is 7.11. The van der Waals surface area contributed by atoms with Crippen molar-refractivity contribution in [2.24, 2.45) is 11.7 Å². The van der Waals surface area contributed by atoms with Crippen molar-refractivity contribution in [3.05, 3.63) is 22.4 Å². The van der Waals surface area contributed by atoms with Crippen LogP contribution in [0.4, 0.5) is 0 Å². The van der Waals surface area contributed by atoms with Gasteiger partial charge in [0.15, 0.2) is 0 Å². The Kier molecular flexibility index (Phi) is 4.18. The summed E-state index contributed by atoms with van der Waals surface area (Å²) in [5, 5.41) is 7.86. The Balaban J connectivity index is 1.71. The van der Waals surface area contributed by atoms with Crippen LogP contribution in [0.25, 0.3) is 0 Å². The van der Waals surface area contributed by atoms with Crippen molar-refractivity contribution in [2.75, 3.05) is 13.1 Å². The van der Waals surface area contributed by atoms with Gasteiger partial charge in [0.25, 0.3) is 0 Å². The quantitative estimate of drug-likeness (QED) is 0.779. The van der Waals surface area contributed by atoms with Gasteiger partial charge in [0, 0.05) is 12.6 Å². The van der Waals surface area contributed by atoms with Gasteiger partial charge in [-0.05, 0) is 41.3 Å². The van der Waals surface area contributed by atoms with E-state index in [2.05, 4.69) is 22.1 Å². The lowest BCUT2D eigenvalue weighted by molar-refractivity contribution is 0.288. The SMILES string of the molecule is NCC(NCCC1CCC1)c1ccsc1. The van der Waals surface area contributed by atoms with E-state index in [0.717, 1.165) is 12.5 Å². The number of hydrogen-bond acceptors (Lipinski definition) is 3. The number of rotatable bonds is 6. The van der Waals surface area contributed by atoms with E-state index in [1.165, 1.54) is 31.2 Å². The Labute approximate surface area is 95.9 Å². The fourth-order valence-corrected chi connectivity index (χ4v) is 2.77. The Morgan fingerprint density at radius 1 is 1.53 bits per heavy atom. The van der Waals surface area contributed by atoms with E-state index in [0.29, 0.717) is 12.6 Å². The molecule has 2 rings (SSSR count). The van der Waals surface area contributed by atoms with Crippen LogP contribution in [0.5, 0.6) is 0 Å². The summed E-state index contributed by atoms with van der Waals surface area (Å²) >= 11 is 1.74. The molecule has 1 atom stereocenters. The summed E-state index contributed by atoms with van der Waals surface area (Å²) < 4.78 is 0. The Morgan fingerprint density at radius 3 is 2.93 bits per heavy atom. The molecular weight excluding hydrogens is 204 g/mol. The normalized spacial score (nSPS) is 18.7. The molecule has 0 bridgehead atoms. The maximum absolute atomic E-state index is 5.77. The Morgan fingerprint density at radius 2 is 2.40 bits per heavy atom. The Hall–Kier alpha value is -0.380. The maximum Gasteiger partial charge on any atom is 0.0452 e.